The highest BCUT2D eigenvalue weighted by molar-refractivity contribution is 6.32. The van der Waals surface area contributed by atoms with Gasteiger partial charge in [-0.1, -0.05) is 45.4 Å². The van der Waals surface area contributed by atoms with Crippen molar-refractivity contribution in [3.63, 3.8) is 0 Å². The first kappa shape index (κ1) is 16.9. The van der Waals surface area contributed by atoms with Gasteiger partial charge in [0.2, 0.25) is 0 Å². The van der Waals surface area contributed by atoms with Crippen molar-refractivity contribution in [2.75, 3.05) is 13.1 Å². The molecule has 0 radical (unpaired) electrons. The van der Waals surface area contributed by atoms with Crippen LogP contribution in [0.5, 0.6) is 0 Å². The minimum Gasteiger partial charge on any atom is -0.299 e. The van der Waals surface area contributed by atoms with Gasteiger partial charge in [-0.25, -0.2) is 0 Å². The Morgan fingerprint density at radius 2 is 1.75 bits per heavy atom. The Balaban J connectivity index is 2.87. The summed E-state index contributed by atoms with van der Waals surface area (Å²) < 4.78 is 0. The third-order valence-electron chi connectivity index (χ3n) is 2.86. The molecule has 0 saturated heterocycles. The van der Waals surface area contributed by atoms with Gasteiger partial charge in [-0.2, -0.15) is 0 Å². The van der Waals surface area contributed by atoms with Crippen molar-refractivity contribution in [1.82, 2.24) is 4.90 Å². The number of benzene rings is 1. The lowest BCUT2D eigenvalue weighted by molar-refractivity contribution is -0.384. The van der Waals surface area contributed by atoms with Crippen LogP contribution in [0.15, 0.2) is 18.2 Å². The summed E-state index contributed by atoms with van der Waals surface area (Å²) in [4.78, 5) is 12.8. The number of halogens is 1. The molecule has 0 aromatic heterocycles. The van der Waals surface area contributed by atoms with E-state index >= 15 is 0 Å². The lowest BCUT2D eigenvalue weighted by atomic mass is 10.1. The summed E-state index contributed by atoms with van der Waals surface area (Å²) in [5.74, 6) is 1.13. The molecule has 0 spiro atoms. The zero-order valence-corrected chi connectivity index (χ0v) is 13.4. The van der Waals surface area contributed by atoms with Crippen molar-refractivity contribution in [2.45, 2.75) is 34.2 Å². The third-order valence-corrected chi connectivity index (χ3v) is 3.18. The molecule has 0 fully saturated rings. The summed E-state index contributed by atoms with van der Waals surface area (Å²) in [6.45, 7) is 11.4. The molecule has 4 nitrogen and oxygen atoms in total. The van der Waals surface area contributed by atoms with Crippen molar-refractivity contribution in [2.24, 2.45) is 11.8 Å². The second-order valence-electron chi connectivity index (χ2n) is 6.02. The van der Waals surface area contributed by atoms with Crippen LogP contribution >= 0.6 is 11.6 Å². The van der Waals surface area contributed by atoms with E-state index in [0.29, 0.717) is 18.4 Å². The minimum absolute atomic E-state index is 0.0155. The van der Waals surface area contributed by atoms with Gasteiger partial charge in [0.25, 0.3) is 5.69 Å². The lowest BCUT2D eigenvalue weighted by Crippen LogP contribution is -2.30. The molecule has 1 aromatic carbocycles. The minimum atomic E-state index is -0.429. The van der Waals surface area contributed by atoms with Crippen LogP contribution in [0.4, 0.5) is 5.69 Å². The topological polar surface area (TPSA) is 46.4 Å². The number of hydrogen-bond donors (Lipinski definition) is 0. The summed E-state index contributed by atoms with van der Waals surface area (Å²) in [6.07, 6.45) is 0. The van der Waals surface area contributed by atoms with E-state index in [4.69, 9.17) is 11.6 Å². The maximum Gasteiger partial charge on any atom is 0.288 e. The second-order valence-corrected chi connectivity index (χ2v) is 6.43. The van der Waals surface area contributed by atoms with Gasteiger partial charge in [0.15, 0.2) is 0 Å². The highest BCUT2D eigenvalue weighted by Crippen LogP contribution is 2.25. The molecule has 0 N–H and O–H groups in total. The van der Waals surface area contributed by atoms with Crippen molar-refractivity contribution in [3.05, 3.63) is 38.9 Å². The molecule has 112 valence electrons. The average molecular weight is 299 g/mol. The van der Waals surface area contributed by atoms with Gasteiger partial charge in [0.1, 0.15) is 5.02 Å². The molecule has 5 heteroatoms. The van der Waals surface area contributed by atoms with Crippen LogP contribution < -0.4 is 0 Å². The van der Waals surface area contributed by atoms with Gasteiger partial charge in [0, 0.05) is 25.7 Å². The van der Waals surface area contributed by atoms with Crippen molar-refractivity contribution < 1.29 is 4.92 Å². The van der Waals surface area contributed by atoms with E-state index in [2.05, 4.69) is 32.6 Å². The molecule has 0 aliphatic carbocycles. The van der Waals surface area contributed by atoms with Gasteiger partial charge < -0.3 is 0 Å². The molecule has 0 amide bonds. The molecule has 0 aliphatic heterocycles. The molecule has 1 rings (SSSR count). The van der Waals surface area contributed by atoms with E-state index < -0.39 is 4.92 Å². The number of nitro groups is 1. The van der Waals surface area contributed by atoms with Crippen LogP contribution in [0, 0.1) is 22.0 Å². The van der Waals surface area contributed by atoms with Crippen LogP contribution in [0.3, 0.4) is 0 Å². The zero-order chi connectivity index (χ0) is 15.3. The maximum atomic E-state index is 10.9. The van der Waals surface area contributed by atoms with E-state index in [1.54, 1.807) is 12.1 Å². The first-order valence-corrected chi connectivity index (χ1v) is 7.32. The quantitative estimate of drug-likeness (QED) is 0.555. The van der Waals surface area contributed by atoms with E-state index in [9.17, 15) is 10.1 Å². The molecular formula is C15H23ClN2O2. The molecule has 0 unspecified atom stereocenters. The monoisotopic (exact) mass is 298 g/mol. The maximum absolute atomic E-state index is 10.9. The summed E-state index contributed by atoms with van der Waals surface area (Å²) in [7, 11) is 0. The van der Waals surface area contributed by atoms with Gasteiger partial charge in [0.05, 0.1) is 4.92 Å². The fraction of sp³-hybridized carbons (Fsp3) is 0.600. The third kappa shape index (κ3) is 5.47. The molecule has 0 bridgehead atoms. The Bertz CT molecular complexity index is 451. The van der Waals surface area contributed by atoms with Gasteiger partial charge in [-0.3, -0.25) is 15.0 Å². The second kappa shape index (κ2) is 7.60. The smallest absolute Gasteiger partial charge is 0.288 e. The van der Waals surface area contributed by atoms with Crippen LogP contribution in [0.2, 0.25) is 5.02 Å². The van der Waals surface area contributed by atoms with Gasteiger partial charge >= 0.3 is 0 Å². The average Bonchev–Trinajstić information content (AvgIpc) is 2.29. The summed E-state index contributed by atoms with van der Waals surface area (Å²) in [5.41, 5.74) is 0.917. The first-order valence-electron chi connectivity index (χ1n) is 6.94. The van der Waals surface area contributed by atoms with E-state index in [0.717, 1.165) is 18.7 Å². The Morgan fingerprint density at radius 3 is 2.20 bits per heavy atom. The van der Waals surface area contributed by atoms with Crippen LogP contribution in [-0.2, 0) is 6.54 Å². The number of nitro benzene ring substituents is 1. The number of hydrogen-bond acceptors (Lipinski definition) is 3. The van der Waals surface area contributed by atoms with E-state index in [-0.39, 0.29) is 10.7 Å². The van der Waals surface area contributed by atoms with Crippen molar-refractivity contribution in [3.8, 4) is 0 Å². The van der Waals surface area contributed by atoms with Gasteiger partial charge in [-0.05, 0) is 23.5 Å². The van der Waals surface area contributed by atoms with E-state index in [1.807, 2.05) is 6.07 Å². The summed E-state index contributed by atoms with van der Waals surface area (Å²) in [5, 5.41) is 11.1. The van der Waals surface area contributed by atoms with Crippen molar-refractivity contribution >= 4 is 17.3 Å². The normalized spacial score (nSPS) is 11.6. The standard InChI is InChI=1S/C15H23ClN2O2/c1-11(2)8-17(9-12(3)4)10-13-5-6-14(16)15(7-13)18(19)20/h5-7,11-12H,8-10H2,1-4H3. The first-order chi connectivity index (χ1) is 9.29. The Kier molecular flexibility index (Phi) is 6.43. The predicted octanol–water partition coefficient (Wildman–Crippen LogP) is 4.36. The summed E-state index contributed by atoms with van der Waals surface area (Å²) in [6, 6.07) is 5.05. The summed E-state index contributed by atoms with van der Waals surface area (Å²) >= 11 is 5.84. The lowest BCUT2D eigenvalue weighted by Gasteiger charge is -2.26. The predicted molar refractivity (Wildman–Crippen MR) is 83.1 cm³/mol. The highest BCUT2D eigenvalue weighted by Gasteiger charge is 2.15. The molecule has 0 heterocycles. The fourth-order valence-electron chi connectivity index (χ4n) is 2.29. The van der Waals surface area contributed by atoms with Crippen LogP contribution in [-0.4, -0.2) is 22.9 Å². The molecule has 1 aromatic rings. The van der Waals surface area contributed by atoms with E-state index in [1.165, 1.54) is 0 Å². The SMILES string of the molecule is CC(C)CN(Cc1ccc(Cl)c([N+](=O)[O-])c1)CC(C)C. The molecule has 0 saturated carbocycles. The Labute approximate surface area is 125 Å². The Hall–Kier alpha value is -1.13. The van der Waals surface area contributed by atoms with Crippen molar-refractivity contribution in [1.29, 1.82) is 0 Å². The zero-order valence-electron chi connectivity index (χ0n) is 12.6. The Morgan fingerprint density at radius 1 is 1.20 bits per heavy atom. The molecule has 0 aliphatic rings. The fourth-order valence-corrected chi connectivity index (χ4v) is 2.48. The largest absolute Gasteiger partial charge is 0.299 e. The van der Waals surface area contributed by atoms with Crippen LogP contribution in [0.25, 0.3) is 0 Å². The highest BCUT2D eigenvalue weighted by atomic mass is 35.5. The molecule has 0 atom stereocenters. The number of rotatable bonds is 7. The van der Waals surface area contributed by atoms with Crippen LogP contribution in [0.1, 0.15) is 33.3 Å². The molecule has 20 heavy (non-hydrogen) atoms. The molecular weight excluding hydrogens is 276 g/mol. The van der Waals surface area contributed by atoms with Gasteiger partial charge in [-0.15, -0.1) is 0 Å². The number of nitrogens with zero attached hydrogens (tertiary/aromatic N) is 2.